The quantitative estimate of drug-likeness (QED) is 0.107. The van der Waals surface area contributed by atoms with Gasteiger partial charge in [-0.3, -0.25) is 0 Å². The van der Waals surface area contributed by atoms with E-state index in [4.69, 9.17) is 0 Å². The zero-order valence-corrected chi connectivity index (χ0v) is 24.0. The minimum Gasteiger partial charge on any atom is -0.247 e. The van der Waals surface area contributed by atoms with Crippen LogP contribution in [0.2, 0.25) is 0 Å². The Morgan fingerprint density at radius 3 is 1.38 bits per heavy atom. The second-order valence-corrected chi connectivity index (χ2v) is 11.2. The van der Waals surface area contributed by atoms with E-state index in [2.05, 4.69) is 49.6 Å². The fraction of sp³-hybridized carbons (Fsp3) is 0.906. The van der Waals surface area contributed by atoms with Crippen molar-refractivity contribution in [3.63, 3.8) is 0 Å². The first-order chi connectivity index (χ1) is 16.7. The fourth-order valence-corrected chi connectivity index (χ4v) is 5.54. The minimum absolute atomic E-state index is 0.623. The summed E-state index contributed by atoms with van der Waals surface area (Å²) in [7, 11) is 0. The zero-order chi connectivity index (χ0) is 24.7. The van der Waals surface area contributed by atoms with Gasteiger partial charge in [-0.1, -0.05) is 143 Å². The van der Waals surface area contributed by atoms with Crippen molar-refractivity contribution < 1.29 is 4.57 Å². The van der Waals surface area contributed by atoms with E-state index in [1.54, 1.807) is 0 Å². The van der Waals surface area contributed by atoms with Crippen molar-refractivity contribution in [2.24, 2.45) is 0 Å². The molecule has 0 aliphatic rings. The van der Waals surface area contributed by atoms with Crippen LogP contribution in [-0.4, -0.2) is 4.98 Å². The van der Waals surface area contributed by atoms with E-state index < -0.39 is 0 Å². The number of H-pyrrole nitrogens is 1. The molecule has 0 aliphatic heterocycles. The smallest absolute Gasteiger partial charge is 0.247 e. The lowest BCUT2D eigenvalue weighted by Crippen LogP contribution is -2.41. The molecule has 1 N–H and O–H groups in total. The number of nitrogens with one attached hydrogen (secondary N) is 1. The van der Waals surface area contributed by atoms with Gasteiger partial charge in [-0.2, -0.15) is 0 Å². The summed E-state index contributed by atoms with van der Waals surface area (Å²) in [6.07, 6.45) is 36.8. The lowest BCUT2D eigenvalue weighted by Gasteiger charge is -2.17. The molecule has 0 saturated carbocycles. The molecule has 0 fully saturated rings. The highest BCUT2D eigenvalue weighted by molar-refractivity contribution is 4.90. The zero-order valence-electron chi connectivity index (χ0n) is 24.0. The predicted molar refractivity (Wildman–Crippen MR) is 152 cm³/mol. The number of unbranched alkanes of at least 4 members (excludes halogenated alkanes) is 17. The topological polar surface area (TPSA) is 19.7 Å². The summed E-state index contributed by atoms with van der Waals surface area (Å²) in [5.74, 6) is 2.24. The molecule has 0 amide bonds. The van der Waals surface area contributed by atoms with Gasteiger partial charge in [0.2, 0.25) is 0 Å². The molecule has 1 heterocycles. The van der Waals surface area contributed by atoms with Gasteiger partial charge >= 0.3 is 0 Å². The number of hydrogen-bond donors (Lipinski definition) is 1. The van der Waals surface area contributed by atoms with Crippen molar-refractivity contribution in [1.29, 1.82) is 0 Å². The van der Waals surface area contributed by atoms with Crippen molar-refractivity contribution in [2.45, 2.75) is 187 Å². The third-order valence-corrected chi connectivity index (χ3v) is 7.89. The Hall–Kier alpha value is -0.790. The molecule has 0 saturated heterocycles. The standard InChI is InChI=1S/C32H62N2/c1-5-8-11-14-16-18-20-22-25-30(4)34-29-28-33-32(34)31(26-23-19-13-10-7-3)27-24-21-17-15-12-9-6-2/h28-31H,5-27H2,1-4H3/p+1. The first-order valence-corrected chi connectivity index (χ1v) is 15.8. The Balaban J connectivity index is 2.48. The van der Waals surface area contributed by atoms with E-state index in [1.807, 2.05) is 0 Å². The Morgan fingerprint density at radius 1 is 0.559 bits per heavy atom. The molecule has 1 rings (SSSR count). The van der Waals surface area contributed by atoms with Gasteiger partial charge in [0.05, 0.1) is 12.0 Å². The summed E-state index contributed by atoms with van der Waals surface area (Å²) in [4.78, 5) is 3.70. The molecule has 2 heteroatoms. The molecule has 2 unspecified atom stereocenters. The van der Waals surface area contributed by atoms with Crippen LogP contribution in [0.15, 0.2) is 12.4 Å². The average Bonchev–Trinajstić information content (AvgIpc) is 3.33. The van der Waals surface area contributed by atoms with Crippen molar-refractivity contribution in [3.05, 3.63) is 18.2 Å². The number of rotatable bonds is 25. The summed E-state index contributed by atoms with van der Waals surface area (Å²) in [6, 6.07) is 0.623. The van der Waals surface area contributed by atoms with Gasteiger partial charge in [0.25, 0.3) is 5.82 Å². The van der Waals surface area contributed by atoms with Gasteiger partial charge < -0.3 is 0 Å². The molecule has 200 valence electrons. The van der Waals surface area contributed by atoms with Gasteiger partial charge in [-0.05, 0) is 32.6 Å². The third kappa shape index (κ3) is 15.3. The molecule has 2 nitrogen and oxygen atoms in total. The monoisotopic (exact) mass is 475 g/mol. The molecule has 0 bridgehead atoms. The summed E-state index contributed by atoms with van der Waals surface area (Å²) in [5, 5.41) is 0. The highest BCUT2D eigenvalue weighted by atomic mass is 15.1. The lowest BCUT2D eigenvalue weighted by atomic mass is 9.93. The van der Waals surface area contributed by atoms with Gasteiger partial charge in [-0.25, -0.2) is 9.55 Å². The Bertz CT molecular complexity index is 535. The maximum Gasteiger partial charge on any atom is 0.257 e. The van der Waals surface area contributed by atoms with E-state index in [0.717, 1.165) is 0 Å². The second kappa shape index (κ2) is 22.7. The molecule has 0 aromatic carbocycles. The minimum atomic E-state index is 0.623. The van der Waals surface area contributed by atoms with Crippen molar-refractivity contribution in [3.8, 4) is 0 Å². The number of nitrogens with zero attached hydrogens (tertiary/aromatic N) is 1. The second-order valence-electron chi connectivity index (χ2n) is 11.2. The summed E-state index contributed by atoms with van der Waals surface area (Å²) >= 11 is 0. The van der Waals surface area contributed by atoms with E-state index in [-0.39, 0.29) is 0 Å². The SMILES string of the molecule is CCCCCCCCCCC(C)[n+]1cc[nH]c1C(CCCCCCC)CCCCCCCCC. The first kappa shape index (κ1) is 31.2. The largest absolute Gasteiger partial charge is 0.257 e. The lowest BCUT2D eigenvalue weighted by molar-refractivity contribution is -0.727. The van der Waals surface area contributed by atoms with Gasteiger partial charge in [0, 0.05) is 0 Å². The number of aromatic nitrogens is 2. The summed E-state index contributed by atoms with van der Waals surface area (Å²) < 4.78 is 2.61. The van der Waals surface area contributed by atoms with Crippen LogP contribution >= 0.6 is 0 Å². The molecule has 2 atom stereocenters. The Labute approximate surface area is 215 Å². The summed E-state index contributed by atoms with van der Waals surface area (Å²) in [6.45, 7) is 9.38. The number of aromatic amines is 1. The van der Waals surface area contributed by atoms with Gasteiger partial charge in [-0.15, -0.1) is 0 Å². The van der Waals surface area contributed by atoms with Crippen LogP contribution in [-0.2, 0) is 0 Å². The van der Waals surface area contributed by atoms with Crippen LogP contribution < -0.4 is 4.57 Å². The highest BCUT2D eigenvalue weighted by Crippen LogP contribution is 2.27. The van der Waals surface area contributed by atoms with Crippen LogP contribution in [0.25, 0.3) is 0 Å². The Morgan fingerprint density at radius 2 is 0.941 bits per heavy atom. The van der Waals surface area contributed by atoms with Crippen LogP contribution in [0.1, 0.15) is 193 Å². The van der Waals surface area contributed by atoms with Crippen molar-refractivity contribution in [2.75, 3.05) is 0 Å². The van der Waals surface area contributed by atoms with E-state index in [0.29, 0.717) is 12.0 Å². The first-order valence-electron chi connectivity index (χ1n) is 15.8. The van der Waals surface area contributed by atoms with E-state index in [9.17, 15) is 0 Å². The molecule has 1 aromatic rings. The van der Waals surface area contributed by atoms with Crippen LogP contribution in [0.3, 0.4) is 0 Å². The normalized spacial score (nSPS) is 13.4. The molecular weight excluding hydrogens is 412 g/mol. The molecular formula is C32H63N2+. The van der Waals surface area contributed by atoms with E-state index >= 15 is 0 Å². The van der Waals surface area contributed by atoms with Crippen LogP contribution in [0.5, 0.6) is 0 Å². The molecule has 0 radical (unpaired) electrons. The maximum absolute atomic E-state index is 3.70. The molecule has 1 aromatic heterocycles. The summed E-state index contributed by atoms with van der Waals surface area (Å²) in [5.41, 5.74) is 0. The van der Waals surface area contributed by atoms with Crippen molar-refractivity contribution in [1.82, 2.24) is 4.98 Å². The van der Waals surface area contributed by atoms with E-state index in [1.165, 1.54) is 154 Å². The predicted octanol–water partition coefficient (Wildman–Crippen LogP) is 11.0. The molecule has 0 aliphatic carbocycles. The van der Waals surface area contributed by atoms with Gasteiger partial charge in [0.1, 0.15) is 12.4 Å². The fourth-order valence-electron chi connectivity index (χ4n) is 5.54. The Kier molecular flexibility index (Phi) is 20.8. The number of hydrogen-bond acceptors (Lipinski definition) is 0. The third-order valence-electron chi connectivity index (χ3n) is 7.89. The van der Waals surface area contributed by atoms with Crippen LogP contribution in [0.4, 0.5) is 0 Å². The molecule has 0 spiro atoms. The average molecular weight is 476 g/mol. The maximum atomic E-state index is 3.70. The van der Waals surface area contributed by atoms with Crippen LogP contribution in [0, 0.1) is 0 Å². The van der Waals surface area contributed by atoms with Gasteiger partial charge in [0.15, 0.2) is 0 Å². The highest BCUT2D eigenvalue weighted by Gasteiger charge is 2.25. The van der Waals surface area contributed by atoms with Crippen molar-refractivity contribution >= 4 is 0 Å². The number of imidazole rings is 1. The molecule has 34 heavy (non-hydrogen) atoms.